The number of hydrogen-bond donors (Lipinski definition) is 3. The minimum Gasteiger partial charge on any atom is -0.493 e. The Balaban J connectivity index is 1.60. The van der Waals surface area contributed by atoms with Gasteiger partial charge in [-0.25, -0.2) is 0 Å². The quantitative estimate of drug-likeness (QED) is 0.400. The van der Waals surface area contributed by atoms with Crippen LogP contribution in [0.15, 0.2) is 48.0 Å². The van der Waals surface area contributed by atoms with Crippen LogP contribution in [0.25, 0.3) is 0 Å². The maximum absolute atomic E-state index is 13.9. The Hall–Kier alpha value is -3.73. The van der Waals surface area contributed by atoms with Gasteiger partial charge in [0.1, 0.15) is 18.5 Å². The number of aldehydes is 1. The molecule has 2 aromatic rings. The van der Waals surface area contributed by atoms with Gasteiger partial charge in [-0.05, 0) is 37.1 Å². The fourth-order valence-electron chi connectivity index (χ4n) is 5.74. The van der Waals surface area contributed by atoms with Gasteiger partial charge in [0.2, 0.25) is 11.8 Å². The number of ether oxygens (including phenoxy) is 3. The van der Waals surface area contributed by atoms with Gasteiger partial charge in [-0.1, -0.05) is 29.8 Å². The second-order valence-electron chi connectivity index (χ2n) is 10.4. The molecule has 0 bridgehead atoms. The SMILES string of the molecule is COc1cc(C=O)cc2c1O[C@@H]1[C@@H](O)[C@H](N(Cc3ccc(C)cc3)C(=O)C3CCOC3)C=C(C(=O)NCCO)[C@H]21. The topological polar surface area (TPSA) is 135 Å². The standard InChI is InChI=1S/C30H34N2O8/c1-17-3-5-18(6-4-17)14-32(30(37)20-7-10-39-16-20)23-13-22(29(36)31-8-9-33)25-21-11-19(15-34)12-24(38-2)27(21)40-28(25)26(23)35/h3-6,11-13,15,20,23,25-26,28,33,35H,7-10,14,16H2,1-2H3,(H,31,36)/t20?,23-,25+,26+,28+/m1/s1. The summed E-state index contributed by atoms with van der Waals surface area (Å²) in [6.07, 6.45) is 0.744. The number of methoxy groups -OCH3 is 1. The molecule has 212 valence electrons. The van der Waals surface area contributed by atoms with Gasteiger partial charge in [0.05, 0.1) is 38.2 Å². The Kier molecular flexibility index (Phi) is 8.20. The number of carbonyl (C=O) groups excluding carboxylic acids is 3. The van der Waals surface area contributed by atoms with Crippen LogP contribution in [0.1, 0.15) is 39.4 Å². The van der Waals surface area contributed by atoms with Gasteiger partial charge < -0.3 is 34.6 Å². The Morgan fingerprint density at radius 2 is 2.00 bits per heavy atom. The van der Waals surface area contributed by atoms with E-state index in [1.165, 1.54) is 13.2 Å². The summed E-state index contributed by atoms with van der Waals surface area (Å²) in [7, 11) is 1.45. The third-order valence-corrected chi connectivity index (χ3v) is 7.81. The predicted molar refractivity (Wildman–Crippen MR) is 144 cm³/mol. The summed E-state index contributed by atoms with van der Waals surface area (Å²) in [6, 6.07) is 10.1. The lowest BCUT2D eigenvalue weighted by Gasteiger charge is -2.41. The summed E-state index contributed by atoms with van der Waals surface area (Å²) in [6.45, 7) is 2.73. The zero-order valence-corrected chi connectivity index (χ0v) is 22.5. The van der Waals surface area contributed by atoms with Gasteiger partial charge in [-0.2, -0.15) is 0 Å². The molecule has 2 aliphatic heterocycles. The molecule has 0 saturated carbocycles. The molecule has 2 heterocycles. The van der Waals surface area contributed by atoms with E-state index in [1.54, 1.807) is 17.0 Å². The lowest BCUT2D eigenvalue weighted by Crippen LogP contribution is -2.56. The highest BCUT2D eigenvalue weighted by Gasteiger charge is 2.52. The van der Waals surface area contributed by atoms with Gasteiger partial charge in [-0.15, -0.1) is 0 Å². The second kappa shape index (κ2) is 11.8. The summed E-state index contributed by atoms with van der Waals surface area (Å²) in [5.74, 6) is -1.08. The lowest BCUT2D eigenvalue weighted by atomic mass is 9.77. The molecule has 40 heavy (non-hydrogen) atoms. The smallest absolute Gasteiger partial charge is 0.247 e. The Labute approximate surface area is 232 Å². The molecule has 5 atom stereocenters. The third-order valence-electron chi connectivity index (χ3n) is 7.81. The molecule has 5 rings (SSSR count). The van der Waals surface area contributed by atoms with Crippen molar-refractivity contribution in [3.8, 4) is 11.5 Å². The third kappa shape index (κ3) is 5.22. The van der Waals surface area contributed by atoms with E-state index in [4.69, 9.17) is 14.2 Å². The van der Waals surface area contributed by atoms with Crippen molar-refractivity contribution < 1.29 is 38.8 Å². The number of rotatable bonds is 9. The molecule has 0 spiro atoms. The van der Waals surface area contributed by atoms with Crippen LogP contribution in [0.2, 0.25) is 0 Å². The van der Waals surface area contributed by atoms with Crippen LogP contribution in [0.3, 0.4) is 0 Å². The van der Waals surface area contributed by atoms with Crippen molar-refractivity contribution in [1.82, 2.24) is 10.2 Å². The van der Waals surface area contributed by atoms with Crippen molar-refractivity contribution in [1.29, 1.82) is 0 Å². The van der Waals surface area contributed by atoms with E-state index in [0.717, 1.165) is 11.1 Å². The van der Waals surface area contributed by atoms with Crippen LogP contribution in [-0.2, 0) is 20.9 Å². The second-order valence-corrected chi connectivity index (χ2v) is 10.4. The number of nitrogens with zero attached hydrogens (tertiary/aromatic N) is 1. The summed E-state index contributed by atoms with van der Waals surface area (Å²) < 4.78 is 17.2. The number of aryl methyl sites for hydroxylation is 1. The number of aliphatic hydroxyl groups excluding tert-OH is 2. The minimum absolute atomic E-state index is 0.0254. The van der Waals surface area contributed by atoms with E-state index in [1.807, 2.05) is 31.2 Å². The fourth-order valence-corrected chi connectivity index (χ4v) is 5.74. The van der Waals surface area contributed by atoms with Crippen molar-refractivity contribution in [2.24, 2.45) is 5.92 Å². The summed E-state index contributed by atoms with van der Waals surface area (Å²) >= 11 is 0. The lowest BCUT2D eigenvalue weighted by molar-refractivity contribution is -0.142. The first-order valence-electron chi connectivity index (χ1n) is 13.4. The highest BCUT2D eigenvalue weighted by molar-refractivity contribution is 5.96. The minimum atomic E-state index is -1.20. The van der Waals surface area contributed by atoms with Gasteiger partial charge in [0.25, 0.3) is 0 Å². The van der Waals surface area contributed by atoms with Crippen molar-refractivity contribution in [3.05, 3.63) is 70.3 Å². The molecule has 3 N–H and O–H groups in total. The number of amides is 2. The zero-order valence-electron chi connectivity index (χ0n) is 22.5. The first-order chi connectivity index (χ1) is 19.4. The van der Waals surface area contributed by atoms with Crippen molar-refractivity contribution in [2.45, 2.75) is 44.1 Å². The van der Waals surface area contributed by atoms with E-state index in [0.29, 0.717) is 48.5 Å². The van der Waals surface area contributed by atoms with E-state index in [-0.39, 0.29) is 37.1 Å². The van der Waals surface area contributed by atoms with E-state index in [2.05, 4.69) is 5.32 Å². The Morgan fingerprint density at radius 1 is 1.23 bits per heavy atom. The van der Waals surface area contributed by atoms with Crippen LogP contribution in [0.5, 0.6) is 11.5 Å². The normalized spacial score (nSPS) is 24.8. The van der Waals surface area contributed by atoms with E-state index >= 15 is 0 Å². The molecule has 0 aromatic heterocycles. The number of benzene rings is 2. The Morgan fingerprint density at radius 3 is 2.65 bits per heavy atom. The average Bonchev–Trinajstić information content (AvgIpc) is 3.64. The first-order valence-corrected chi connectivity index (χ1v) is 13.4. The van der Waals surface area contributed by atoms with Gasteiger partial charge in [0.15, 0.2) is 11.5 Å². The highest BCUT2D eigenvalue weighted by atomic mass is 16.5. The monoisotopic (exact) mass is 550 g/mol. The van der Waals surface area contributed by atoms with Crippen LogP contribution < -0.4 is 14.8 Å². The number of aliphatic hydroxyl groups is 2. The van der Waals surface area contributed by atoms with Gasteiger partial charge in [-0.3, -0.25) is 14.4 Å². The molecule has 2 amide bonds. The average molecular weight is 551 g/mol. The van der Waals surface area contributed by atoms with Crippen LogP contribution in [-0.4, -0.2) is 84.9 Å². The van der Waals surface area contributed by atoms with E-state index < -0.39 is 30.1 Å². The van der Waals surface area contributed by atoms with Gasteiger partial charge in [0, 0.05) is 36.4 Å². The van der Waals surface area contributed by atoms with Crippen LogP contribution in [0, 0.1) is 12.8 Å². The van der Waals surface area contributed by atoms with Crippen molar-refractivity contribution >= 4 is 18.1 Å². The molecular weight excluding hydrogens is 516 g/mol. The molecular formula is C30H34N2O8. The molecule has 2 aromatic carbocycles. The summed E-state index contributed by atoms with van der Waals surface area (Å²) in [4.78, 5) is 40.6. The summed E-state index contributed by atoms with van der Waals surface area (Å²) in [5.41, 5.74) is 3.11. The number of nitrogens with one attached hydrogen (secondary N) is 1. The van der Waals surface area contributed by atoms with Crippen LogP contribution >= 0.6 is 0 Å². The number of fused-ring (bicyclic) bond motifs is 3. The van der Waals surface area contributed by atoms with Crippen molar-refractivity contribution in [2.75, 3.05) is 33.5 Å². The molecule has 3 aliphatic rings. The molecule has 1 fully saturated rings. The predicted octanol–water partition coefficient (Wildman–Crippen LogP) is 1.50. The molecule has 10 nitrogen and oxygen atoms in total. The first kappa shape index (κ1) is 27.8. The zero-order chi connectivity index (χ0) is 28.4. The highest BCUT2D eigenvalue weighted by Crippen LogP contribution is 2.51. The number of hydrogen-bond acceptors (Lipinski definition) is 8. The number of carbonyl (C=O) groups is 3. The van der Waals surface area contributed by atoms with Gasteiger partial charge >= 0.3 is 0 Å². The molecule has 10 heteroatoms. The molecule has 0 radical (unpaired) electrons. The largest absolute Gasteiger partial charge is 0.493 e. The Bertz CT molecular complexity index is 1300. The fraction of sp³-hybridized carbons (Fsp3) is 0.433. The van der Waals surface area contributed by atoms with Crippen LogP contribution in [0.4, 0.5) is 0 Å². The van der Waals surface area contributed by atoms with Crippen molar-refractivity contribution in [3.63, 3.8) is 0 Å². The maximum atomic E-state index is 13.9. The molecule has 1 unspecified atom stereocenters. The molecule has 1 saturated heterocycles. The molecule has 1 aliphatic carbocycles. The van der Waals surface area contributed by atoms with E-state index in [9.17, 15) is 24.6 Å². The maximum Gasteiger partial charge on any atom is 0.247 e. The summed E-state index contributed by atoms with van der Waals surface area (Å²) in [5, 5.41) is 23.8.